The first-order valence-corrected chi connectivity index (χ1v) is 7.15. The van der Waals surface area contributed by atoms with Crippen LogP contribution in [-0.4, -0.2) is 8.42 Å². The SMILES string of the molecule is N#Cc1ccc(S(=O)(=O)/C=C/c2ccccc2)cc1. The Morgan fingerprint density at radius 2 is 1.58 bits per heavy atom. The smallest absolute Gasteiger partial charge is 0.199 e. The second-order valence-corrected chi connectivity index (χ2v) is 5.73. The Morgan fingerprint density at radius 3 is 2.16 bits per heavy atom. The first-order valence-electron chi connectivity index (χ1n) is 5.60. The van der Waals surface area contributed by atoms with Crippen molar-refractivity contribution in [3.8, 4) is 6.07 Å². The molecule has 0 fully saturated rings. The van der Waals surface area contributed by atoms with Crippen LogP contribution in [0, 0.1) is 11.3 Å². The molecule has 0 spiro atoms. The minimum Gasteiger partial charge on any atom is -0.219 e. The molecule has 0 aliphatic rings. The number of rotatable bonds is 3. The lowest BCUT2D eigenvalue weighted by Crippen LogP contribution is -1.95. The van der Waals surface area contributed by atoms with Gasteiger partial charge < -0.3 is 0 Å². The first-order chi connectivity index (χ1) is 9.12. The van der Waals surface area contributed by atoms with Gasteiger partial charge in [-0.05, 0) is 35.9 Å². The molecule has 0 amide bonds. The molecule has 0 saturated heterocycles. The van der Waals surface area contributed by atoms with Gasteiger partial charge in [-0.2, -0.15) is 5.26 Å². The summed E-state index contributed by atoms with van der Waals surface area (Å²) in [5.74, 6) is 0. The van der Waals surface area contributed by atoms with Crippen molar-refractivity contribution in [3.05, 3.63) is 71.1 Å². The Hall–Kier alpha value is -2.38. The summed E-state index contributed by atoms with van der Waals surface area (Å²) in [6.07, 6.45) is 1.55. The topological polar surface area (TPSA) is 57.9 Å². The van der Waals surface area contributed by atoms with Crippen molar-refractivity contribution in [2.24, 2.45) is 0 Å². The van der Waals surface area contributed by atoms with Crippen molar-refractivity contribution in [2.75, 3.05) is 0 Å². The van der Waals surface area contributed by atoms with E-state index >= 15 is 0 Å². The van der Waals surface area contributed by atoms with Gasteiger partial charge in [0.1, 0.15) is 0 Å². The molecule has 0 N–H and O–H groups in total. The van der Waals surface area contributed by atoms with Crippen molar-refractivity contribution in [3.63, 3.8) is 0 Å². The first kappa shape index (κ1) is 13.1. The molecule has 2 aromatic carbocycles. The maximum Gasteiger partial charge on any atom is 0.199 e. The van der Waals surface area contributed by atoms with Crippen molar-refractivity contribution >= 4 is 15.9 Å². The third kappa shape index (κ3) is 3.30. The molecule has 3 nitrogen and oxygen atoms in total. The van der Waals surface area contributed by atoms with Crippen LogP contribution in [-0.2, 0) is 9.84 Å². The summed E-state index contributed by atoms with van der Waals surface area (Å²) in [4.78, 5) is 0.179. The molecule has 0 aromatic heterocycles. The third-order valence-corrected chi connectivity index (χ3v) is 3.97. The molecule has 0 aliphatic heterocycles. The fourth-order valence-corrected chi connectivity index (χ4v) is 2.54. The van der Waals surface area contributed by atoms with E-state index < -0.39 is 9.84 Å². The normalized spacial score (nSPS) is 11.3. The van der Waals surface area contributed by atoms with E-state index in [1.54, 1.807) is 6.08 Å². The molecular formula is C15H11NO2S. The summed E-state index contributed by atoms with van der Waals surface area (Å²) in [6.45, 7) is 0. The summed E-state index contributed by atoms with van der Waals surface area (Å²) in [5.41, 5.74) is 1.26. The molecule has 2 aromatic rings. The van der Waals surface area contributed by atoms with Gasteiger partial charge in [0.25, 0.3) is 0 Å². The van der Waals surface area contributed by atoms with Gasteiger partial charge in [0.05, 0.1) is 16.5 Å². The number of benzene rings is 2. The number of nitriles is 1. The van der Waals surface area contributed by atoms with Gasteiger partial charge in [-0.3, -0.25) is 0 Å². The Balaban J connectivity index is 2.28. The lowest BCUT2D eigenvalue weighted by Gasteiger charge is -1.99. The number of sulfone groups is 1. The zero-order valence-electron chi connectivity index (χ0n) is 10.0. The minimum atomic E-state index is -3.47. The van der Waals surface area contributed by atoms with Gasteiger partial charge >= 0.3 is 0 Å². The standard InChI is InChI=1S/C15H11NO2S/c16-12-14-6-8-15(9-7-14)19(17,18)11-10-13-4-2-1-3-5-13/h1-11H/b11-10+. The van der Waals surface area contributed by atoms with Crippen LogP contribution >= 0.6 is 0 Å². The van der Waals surface area contributed by atoms with Crippen LogP contribution in [0.15, 0.2) is 64.9 Å². The number of hydrogen-bond donors (Lipinski definition) is 0. The highest BCUT2D eigenvalue weighted by atomic mass is 32.2. The van der Waals surface area contributed by atoms with Crippen LogP contribution < -0.4 is 0 Å². The zero-order valence-corrected chi connectivity index (χ0v) is 10.8. The van der Waals surface area contributed by atoms with Crippen LogP contribution in [0.25, 0.3) is 6.08 Å². The van der Waals surface area contributed by atoms with E-state index in [1.165, 1.54) is 29.7 Å². The predicted molar refractivity (Wildman–Crippen MR) is 73.8 cm³/mol. The monoisotopic (exact) mass is 269 g/mol. The summed E-state index contributed by atoms with van der Waals surface area (Å²) in [7, 11) is -3.47. The molecule has 0 saturated carbocycles. The maximum absolute atomic E-state index is 12.0. The van der Waals surface area contributed by atoms with E-state index in [1.807, 2.05) is 36.4 Å². The van der Waals surface area contributed by atoms with Crippen molar-refractivity contribution in [1.82, 2.24) is 0 Å². The Morgan fingerprint density at radius 1 is 0.947 bits per heavy atom. The van der Waals surface area contributed by atoms with Gasteiger partial charge in [0.2, 0.25) is 0 Å². The highest BCUT2D eigenvalue weighted by Crippen LogP contribution is 2.14. The average molecular weight is 269 g/mol. The molecule has 0 unspecified atom stereocenters. The van der Waals surface area contributed by atoms with Gasteiger partial charge in [-0.25, -0.2) is 8.42 Å². The number of nitrogens with zero attached hydrogens (tertiary/aromatic N) is 1. The fraction of sp³-hybridized carbons (Fsp3) is 0. The van der Waals surface area contributed by atoms with E-state index in [2.05, 4.69) is 0 Å². The van der Waals surface area contributed by atoms with Gasteiger partial charge in [-0.1, -0.05) is 30.3 Å². The van der Waals surface area contributed by atoms with Crippen LogP contribution in [0.2, 0.25) is 0 Å². The lowest BCUT2D eigenvalue weighted by molar-refractivity contribution is 0.605. The highest BCUT2D eigenvalue weighted by Gasteiger charge is 2.09. The molecule has 0 radical (unpaired) electrons. The Kier molecular flexibility index (Phi) is 3.79. The summed E-state index contributed by atoms with van der Waals surface area (Å²) in [6, 6.07) is 17.0. The van der Waals surface area contributed by atoms with Gasteiger partial charge in [0.15, 0.2) is 9.84 Å². The van der Waals surface area contributed by atoms with E-state index in [9.17, 15) is 8.42 Å². The molecule has 94 valence electrons. The highest BCUT2D eigenvalue weighted by molar-refractivity contribution is 7.94. The minimum absolute atomic E-state index is 0.179. The van der Waals surface area contributed by atoms with Crippen molar-refractivity contribution in [2.45, 2.75) is 4.90 Å². The van der Waals surface area contributed by atoms with Crippen LogP contribution in [0.1, 0.15) is 11.1 Å². The second-order valence-electron chi connectivity index (χ2n) is 3.89. The van der Waals surface area contributed by atoms with Gasteiger partial charge in [-0.15, -0.1) is 0 Å². The molecule has 0 bridgehead atoms. The quantitative estimate of drug-likeness (QED) is 0.860. The molecule has 0 atom stereocenters. The second kappa shape index (κ2) is 5.51. The van der Waals surface area contributed by atoms with Crippen LogP contribution in [0.5, 0.6) is 0 Å². The molecule has 0 aliphatic carbocycles. The molecule has 4 heteroatoms. The molecule has 0 heterocycles. The largest absolute Gasteiger partial charge is 0.219 e. The zero-order chi connectivity index (χ0) is 13.7. The maximum atomic E-state index is 12.0. The average Bonchev–Trinajstić information content (AvgIpc) is 2.46. The van der Waals surface area contributed by atoms with E-state index in [-0.39, 0.29) is 4.90 Å². The fourth-order valence-electron chi connectivity index (χ4n) is 1.53. The van der Waals surface area contributed by atoms with Crippen molar-refractivity contribution in [1.29, 1.82) is 5.26 Å². The van der Waals surface area contributed by atoms with Gasteiger partial charge in [0, 0.05) is 5.41 Å². The van der Waals surface area contributed by atoms with Crippen LogP contribution in [0.3, 0.4) is 0 Å². The lowest BCUT2D eigenvalue weighted by atomic mass is 10.2. The molecule has 2 rings (SSSR count). The summed E-state index contributed by atoms with van der Waals surface area (Å²) < 4.78 is 24.1. The van der Waals surface area contributed by atoms with Crippen molar-refractivity contribution < 1.29 is 8.42 Å². The summed E-state index contributed by atoms with van der Waals surface area (Å²) >= 11 is 0. The molecule has 19 heavy (non-hydrogen) atoms. The van der Waals surface area contributed by atoms with E-state index in [4.69, 9.17) is 5.26 Å². The van der Waals surface area contributed by atoms with E-state index in [0.717, 1.165) is 5.56 Å². The number of hydrogen-bond acceptors (Lipinski definition) is 3. The third-order valence-electron chi connectivity index (χ3n) is 2.55. The van der Waals surface area contributed by atoms with E-state index in [0.29, 0.717) is 5.56 Å². The molecular weight excluding hydrogens is 258 g/mol. The van der Waals surface area contributed by atoms with Crippen LogP contribution in [0.4, 0.5) is 0 Å². The predicted octanol–water partition coefficient (Wildman–Crippen LogP) is 3.00. The Labute approximate surface area is 112 Å². The Bertz CT molecular complexity index is 724. The summed E-state index contributed by atoms with van der Waals surface area (Å²) in [5, 5.41) is 9.84.